The first-order valence-corrected chi connectivity index (χ1v) is 11.6. The van der Waals surface area contributed by atoms with Crippen LogP contribution in [0.5, 0.6) is 0 Å². The molecule has 1 aliphatic rings. The van der Waals surface area contributed by atoms with E-state index in [0.29, 0.717) is 5.82 Å². The monoisotopic (exact) mass is 457 g/mol. The molecule has 2 atom stereocenters. The lowest BCUT2D eigenvalue weighted by Gasteiger charge is -2.34. The van der Waals surface area contributed by atoms with E-state index in [0.717, 1.165) is 5.56 Å². The van der Waals surface area contributed by atoms with Crippen LogP contribution >= 0.6 is 0 Å². The molecule has 0 radical (unpaired) electrons. The van der Waals surface area contributed by atoms with Crippen molar-refractivity contribution in [3.63, 3.8) is 0 Å². The zero-order chi connectivity index (χ0) is 22.7. The number of hydrogen-bond donors (Lipinski definition) is 0. The quantitative estimate of drug-likeness (QED) is 0.520. The minimum Gasteiger partial charge on any atom is -0.452 e. The molecule has 2 heterocycles. The van der Waals surface area contributed by atoms with Crippen LogP contribution < -0.4 is 0 Å². The van der Waals surface area contributed by atoms with Gasteiger partial charge in [-0.2, -0.15) is 9.29 Å². The van der Waals surface area contributed by atoms with Crippen molar-refractivity contribution < 1.29 is 27.2 Å². The summed E-state index contributed by atoms with van der Waals surface area (Å²) in [5, 5.41) is 3.88. The molecule has 1 fully saturated rings. The van der Waals surface area contributed by atoms with Crippen LogP contribution in [0.1, 0.15) is 30.1 Å². The van der Waals surface area contributed by atoms with E-state index in [4.69, 9.17) is 14.0 Å². The highest BCUT2D eigenvalue weighted by molar-refractivity contribution is 7.89. The molecule has 0 bridgehead atoms. The summed E-state index contributed by atoms with van der Waals surface area (Å²) in [4.78, 5) is 16.7. The van der Waals surface area contributed by atoms with Crippen molar-refractivity contribution in [2.45, 2.75) is 37.6 Å². The molecule has 0 saturated carbocycles. The Labute approximate surface area is 186 Å². The maximum atomic E-state index is 13.1. The smallest absolute Gasteiger partial charge is 0.338 e. The Bertz CT molecular complexity index is 1190. The highest BCUT2D eigenvalue weighted by Crippen LogP contribution is 2.22. The van der Waals surface area contributed by atoms with Crippen LogP contribution in [0.25, 0.3) is 11.4 Å². The lowest BCUT2D eigenvalue weighted by molar-refractivity contribution is -0.0440. The summed E-state index contributed by atoms with van der Waals surface area (Å²) in [6.07, 6.45) is -0.422. The number of carbonyl (C=O) groups excluding carboxylic acids is 1. The number of hydrogen-bond acceptors (Lipinski definition) is 8. The lowest BCUT2D eigenvalue weighted by Crippen LogP contribution is -2.48. The molecule has 0 unspecified atom stereocenters. The van der Waals surface area contributed by atoms with E-state index in [1.807, 2.05) is 44.2 Å². The minimum atomic E-state index is -3.77. The van der Waals surface area contributed by atoms with E-state index in [-0.39, 0.29) is 48.3 Å². The van der Waals surface area contributed by atoms with Crippen molar-refractivity contribution in [2.24, 2.45) is 0 Å². The molecule has 32 heavy (non-hydrogen) atoms. The van der Waals surface area contributed by atoms with Crippen molar-refractivity contribution in [1.29, 1.82) is 0 Å². The molecule has 0 amide bonds. The van der Waals surface area contributed by atoms with Gasteiger partial charge in [0.05, 0.1) is 22.7 Å². The zero-order valence-electron chi connectivity index (χ0n) is 17.7. The second-order valence-electron chi connectivity index (χ2n) is 7.56. The van der Waals surface area contributed by atoms with E-state index in [1.165, 1.54) is 28.6 Å². The fraction of sp³-hybridized carbons (Fsp3) is 0.318. The number of rotatable bonds is 6. The van der Waals surface area contributed by atoms with Crippen molar-refractivity contribution in [1.82, 2.24) is 14.4 Å². The summed E-state index contributed by atoms with van der Waals surface area (Å²) in [7, 11) is -3.77. The topological polar surface area (TPSA) is 112 Å². The predicted molar refractivity (Wildman–Crippen MR) is 114 cm³/mol. The third-order valence-corrected chi connectivity index (χ3v) is 6.75. The predicted octanol–water partition coefficient (Wildman–Crippen LogP) is 2.89. The summed E-state index contributed by atoms with van der Waals surface area (Å²) in [6, 6.07) is 15.0. The third-order valence-electron chi connectivity index (χ3n) is 4.92. The van der Waals surface area contributed by atoms with Gasteiger partial charge in [-0.15, -0.1) is 0 Å². The highest BCUT2D eigenvalue weighted by atomic mass is 32.2. The number of morpholine rings is 1. The third kappa shape index (κ3) is 4.87. The average molecular weight is 458 g/mol. The first-order chi connectivity index (χ1) is 15.3. The Morgan fingerprint density at radius 1 is 1.09 bits per heavy atom. The summed E-state index contributed by atoms with van der Waals surface area (Å²) < 4.78 is 43.5. The molecule has 10 heteroatoms. The Balaban J connectivity index is 1.44. The van der Waals surface area contributed by atoms with Gasteiger partial charge in [0.25, 0.3) is 5.89 Å². The molecule has 0 N–H and O–H groups in total. The van der Waals surface area contributed by atoms with E-state index in [1.54, 1.807) is 0 Å². The molecule has 9 nitrogen and oxygen atoms in total. The first-order valence-electron chi connectivity index (χ1n) is 10.1. The van der Waals surface area contributed by atoms with Crippen LogP contribution in [-0.2, 0) is 26.1 Å². The maximum absolute atomic E-state index is 13.1. The lowest BCUT2D eigenvalue weighted by atomic mass is 10.2. The van der Waals surface area contributed by atoms with Crippen molar-refractivity contribution in [2.75, 3.05) is 13.1 Å². The zero-order valence-corrected chi connectivity index (χ0v) is 18.5. The molecule has 2 aromatic carbocycles. The first kappa shape index (κ1) is 22.1. The van der Waals surface area contributed by atoms with Crippen molar-refractivity contribution in [3.8, 4) is 11.4 Å². The van der Waals surface area contributed by atoms with Gasteiger partial charge in [-0.3, -0.25) is 0 Å². The summed E-state index contributed by atoms with van der Waals surface area (Å²) in [5.74, 6) is -0.166. The molecule has 168 valence electrons. The SMILES string of the molecule is C[C@H]1CN(S(=O)(=O)c2cccc(C(=O)OCc3nc(-c4ccccc4)no3)c2)C[C@H](C)O1. The Hall–Kier alpha value is -3.08. The molecule has 1 aromatic heterocycles. The van der Waals surface area contributed by atoms with Crippen LogP contribution in [0.3, 0.4) is 0 Å². The summed E-state index contributed by atoms with van der Waals surface area (Å²) in [6.45, 7) is 3.93. The molecule has 4 rings (SSSR count). The highest BCUT2D eigenvalue weighted by Gasteiger charge is 2.32. The molecular formula is C22H23N3O6S. The van der Waals surface area contributed by atoms with E-state index in [2.05, 4.69) is 10.1 Å². The largest absolute Gasteiger partial charge is 0.452 e. The normalized spacial score (nSPS) is 19.6. The number of benzene rings is 2. The number of nitrogens with zero attached hydrogens (tertiary/aromatic N) is 3. The van der Waals surface area contributed by atoms with Gasteiger partial charge in [-0.1, -0.05) is 41.6 Å². The molecular weight excluding hydrogens is 434 g/mol. The van der Waals surface area contributed by atoms with E-state index >= 15 is 0 Å². The average Bonchev–Trinajstić information content (AvgIpc) is 3.26. The van der Waals surface area contributed by atoms with Gasteiger partial charge < -0.3 is 14.0 Å². The van der Waals surface area contributed by atoms with Crippen molar-refractivity contribution in [3.05, 3.63) is 66.1 Å². The molecule has 0 aliphatic carbocycles. The van der Waals surface area contributed by atoms with Gasteiger partial charge in [-0.05, 0) is 32.0 Å². The molecule has 0 spiro atoms. The Kier molecular flexibility index (Phi) is 6.35. The van der Waals surface area contributed by atoms with Gasteiger partial charge in [0.15, 0.2) is 6.61 Å². The van der Waals surface area contributed by atoms with Crippen LogP contribution in [0.4, 0.5) is 0 Å². The minimum absolute atomic E-state index is 0.0254. The fourth-order valence-corrected chi connectivity index (χ4v) is 5.13. The van der Waals surface area contributed by atoms with Gasteiger partial charge >= 0.3 is 5.97 Å². The number of carbonyl (C=O) groups is 1. The van der Waals surface area contributed by atoms with E-state index in [9.17, 15) is 13.2 Å². The number of ether oxygens (including phenoxy) is 2. The fourth-order valence-electron chi connectivity index (χ4n) is 3.49. The number of esters is 1. The second kappa shape index (κ2) is 9.19. The van der Waals surface area contributed by atoms with Crippen LogP contribution in [0.2, 0.25) is 0 Å². The van der Waals surface area contributed by atoms with E-state index < -0.39 is 16.0 Å². The Morgan fingerprint density at radius 3 is 2.53 bits per heavy atom. The maximum Gasteiger partial charge on any atom is 0.338 e. The second-order valence-corrected chi connectivity index (χ2v) is 9.50. The van der Waals surface area contributed by atoms with Gasteiger partial charge in [0.2, 0.25) is 15.8 Å². The standard InChI is InChI=1S/C22H23N3O6S/c1-15-12-25(13-16(2)30-15)32(27,28)19-10-6-9-18(11-19)22(26)29-14-20-23-21(24-31-20)17-7-4-3-5-8-17/h3-11,15-16H,12-14H2,1-2H3/t15-,16-/m0/s1. The summed E-state index contributed by atoms with van der Waals surface area (Å²) in [5.41, 5.74) is 0.890. The van der Waals surface area contributed by atoms with Gasteiger partial charge in [0, 0.05) is 18.7 Å². The van der Waals surface area contributed by atoms with Crippen molar-refractivity contribution >= 4 is 16.0 Å². The van der Waals surface area contributed by atoms with Crippen LogP contribution in [0.15, 0.2) is 64.0 Å². The number of aromatic nitrogens is 2. The van der Waals surface area contributed by atoms with Crippen LogP contribution in [-0.4, -0.2) is 54.1 Å². The van der Waals surface area contributed by atoms with Gasteiger partial charge in [0.1, 0.15) is 0 Å². The number of sulfonamides is 1. The summed E-state index contributed by atoms with van der Waals surface area (Å²) >= 11 is 0. The molecule has 3 aromatic rings. The molecule has 1 saturated heterocycles. The molecule has 1 aliphatic heterocycles. The van der Waals surface area contributed by atoms with Gasteiger partial charge in [-0.25, -0.2) is 13.2 Å². The Morgan fingerprint density at radius 2 is 1.81 bits per heavy atom. The van der Waals surface area contributed by atoms with Crippen LogP contribution in [0, 0.1) is 0 Å².